The molecule has 1 N–H and O–H groups in total. The van der Waals surface area contributed by atoms with Gasteiger partial charge in [-0.1, -0.05) is 20.8 Å². The van der Waals surface area contributed by atoms with E-state index < -0.39 is 5.60 Å². The van der Waals surface area contributed by atoms with Crippen LogP contribution in [0, 0.1) is 0 Å². The maximum absolute atomic E-state index is 10.4. The van der Waals surface area contributed by atoms with Crippen LogP contribution in [0.25, 0.3) is 0 Å². The van der Waals surface area contributed by atoms with Gasteiger partial charge in [0.2, 0.25) is 5.95 Å². The molecule has 18 heavy (non-hydrogen) atoms. The van der Waals surface area contributed by atoms with E-state index in [1.807, 2.05) is 19.3 Å². The molecule has 0 radical (unpaired) electrons. The molecule has 1 aliphatic rings. The molecule has 0 aromatic carbocycles. The second-order valence-electron chi connectivity index (χ2n) is 5.57. The first-order chi connectivity index (χ1) is 8.54. The quantitative estimate of drug-likeness (QED) is 0.893. The molecule has 1 saturated heterocycles. The molecule has 4 heteroatoms. The maximum Gasteiger partial charge on any atom is 0.225 e. The van der Waals surface area contributed by atoms with Crippen LogP contribution in [0.3, 0.4) is 0 Å². The summed E-state index contributed by atoms with van der Waals surface area (Å²) in [6.07, 6.45) is 6.45. The minimum Gasteiger partial charge on any atom is -0.388 e. The summed E-state index contributed by atoms with van der Waals surface area (Å²) in [5.74, 6) is 1.19. The molecule has 1 aromatic rings. The van der Waals surface area contributed by atoms with E-state index in [1.54, 1.807) is 0 Å². The molecule has 0 unspecified atom stereocenters. The fourth-order valence-corrected chi connectivity index (χ4v) is 2.36. The average Bonchev–Trinajstić information content (AvgIpc) is 2.39. The first-order valence-corrected chi connectivity index (χ1v) is 6.83. The van der Waals surface area contributed by atoms with Crippen LogP contribution in [0.15, 0.2) is 12.4 Å². The first-order valence-electron chi connectivity index (χ1n) is 6.83. The molecular formula is C14H23N3O. The number of nitrogens with zero attached hydrogens (tertiary/aromatic N) is 3. The highest BCUT2D eigenvalue weighted by Crippen LogP contribution is 2.26. The van der Waals surface area contributed by atoms with Gasteiger partial charge in [0.1, 0.15) is 0 Å². The van der Waals surface area contributed by atoms with Crippen LogP contribution >= 0.6 is 0 Å². The Balaban J connectivity index is 2.11. The molecule has 2 rings (SSSR count). The molecule has 1 atom stereocenters. The van der Waals surface area contributed by atoms with Gasteiger partial charge in [0.25, 0.3) is 0 Å². The summed E-state index contributed by atoms with van der Waals surface area (Å²) in [6.45, 7) is 7.88. The van der Waals surface area contributed by atoms with Gasteiger partial charge in [-0.25, -0.2) is 9.97 Å². The van der Waals surface area contributed by atoms with Gasteiger partial charge in [-0.3, -0.25) is 0 Å². The van der Waals surface area contributed by atoms with Gasteiger partial charge >= 0.3 is 0 Å². The molecule has 0 saturated carbocycles. The van der Waals surface area contributed by atoms with Gasteiger partial charge in [0.05, 0.1) is 5.60 Å². The molecule has 2 heterocycles. The summed E-state index contributed by atoms with van der Waals surface area (Å²) in [5, 5.41) is 10.4. The van der Waals surface area contributed by atoms with Crippen molar-refractivity contribution in [1.29, 1.82) is 0 Å². The van der Waals surface area contributed by atoms with E-state index in [-0.39, 0.29) is 0 Å². The summed E-state index contributed by atoms with van der Waals surface area (Å²) >= 11 is 0. The van der Waals surface area contributed by atoms with Crippen molar-refractivity contribution >= 4 is 5.95 Å². The number of aliphatic hydroxyl groups is 1. The van der Waals surface area contributed by atoms with Crippen molar-refractivity contribution in [3.8, 4) is 0 Å². The van der Waals surface area contributed by atoms with Crippen LogP contribution in [0.1, 0.15) is 51.5 Å². The molecule has 0 aliphatic carbocycles. The summed E-state index contributed by atoms with van der Waals surface area (Å²) in [6, 6.07) is 0. The van der Waals surface area contributed by atoms with Crippen molar-refractivity contribution in [2.45, 2.75) is 51.6 Å². The average molecular weight is 249 g/mol. The minimum absolute atomic E-state index is 0.452. The van der Waals surface area contributed by atoms with Crippen molar-refractivity contribution in [2.75, 3.05) is 18.0 Å². The Bertz CT molecular complexity index is 391. The van der Waals surface area contributed by atoms with Crippen LogP contribution < -0.4 is 4.90 Å². The van der Waals surface area contributed by atoms with Crippen molar-refractivity contribution in [1.82, 2.24) is 9.97 Å². The molecule has 0 spiro atoms. The van der Waals surface area contributed by atoms with E-state index in [9.17, 15) is 5.11 Å². The van der Waals surface area contributed by atoms with E-state index in [4.69, 9.17) is 0 Å². The lowest BCUT2D eigenvalue weighted by Gasteiger charge is -2.38. The van der Waals surface area contributed by atoms with Crippen molar-refractivity contribution in [2.24, 2.45) is 0 Å². The maximum atomic E-state index is 10.4. The SMILES string of the molecule is CC[C@@]1(O)CCCN(c2ncc(C(C)C)cn2)C1. The Kier molecular flexibility index (Phi) is 3.85. The standard InChI is InChI=1S/C14H23N3O/c1-4-14(18)6-5-7-17(10-14)13-15-8-12(9-16-13)11(2)3/h8-9,11,18H,4-7,10H2,1-3H3/t14-/m1/s1. The van der Waals surface area contributed by atoms with Gasteiger partial charge in [-0.15, -0.1) is 0 Å². The van der Waals surface area contributed by atoms with E-state index in [1.165, 1.54) is 0 Å². The number of anilines is 1. The number of piperidine rings is 1. The van der Waals surface area contributed by atoms with E-state index >= 15 is 0 Å². The normalized spacial score (nSPS) is 24.6. The lowest BCUT2D eigenvalue weighted by molar-refractivity contribution is 0.0219. The molecule has 100 valence electrons. The van der Waals surface area contributed by atoms with Crippen LogP contribution in [-0.2, 0) is 0 Å². The van der Waals surface area contributed by atoms with Crippen LogP contribution in [0.2, 0.25) is 0 Å². The van der Waals surface area contributed by atoms with Crippen molar-refractivity contribution in [3.05, 3.63) is 18.0 Å². The number of hydrogen-bond donors (Lipinski definition) is 1. The Hall–Kier alpha value is -1.16. The second kappa shape index (κ2) is 5.22. The van der Waals surface area contributed by atoms with E-state index in [2.05, 4.69) is 28.7 Å². The fraction of sp³-hybridized carbons (Fsp3) is 0.714. The van der Waals surface area contributed by atoms with Crippen molar-refractivity contribution in [3.63, 3.8) is 0 Å². The Labute approximate surface area is 109 Å². The molecule has 0 bridgehead atoms. The summed E-state index contributed by atoms with van der Waals surface area (Å²) in [4.78, 5) is 10.9. The van der Waals surface area contributed by atoms with Crippen molar-refractivity contribution < 1.29 is 5.11 Å². The largest absolute Gasteiger partial charge is 0.388 e. The highest BCUT2D eigenvalue weighted by atomic mass is 16.3. The predicted molar refractivity (Wildman–Crippen MR) is 72.8 cm³/mol. The third kappa shape index (κ3) is 2.80. The summed E-state index contributed by atoms with van der Waals surface area (Å²) in [7, 11) is 0. The predicted octanol–water partition coefficient (Wildman–Crippen LogP) is 2.34. The minimum atomic E-state index is -0.571. The topological polar surface area (TPSA) is 49.2 Å². The van der Waals surface area contributed by atoms with Crippen LogP contribution in [-0.4, -0.2) is 33.8 Å². The molecule has 1 aliphatic heterocycles. The molecule has 4 nitrogen and oxygen atoms in total. The monoisotopic (exact) mass is 249 g/mol. The zero-order valence-electron chi connectivity index (χ0n) is 11.6. The molecule has 0 amide bonds. The lowest BCUT2D eigenvalue weighted by atomic mass is 9.90. The number of hydrogen-bond acceptors (Lipinski definition) is 4. The molecule has 1 fully saturated rings. The van der Waals surface area contributed by atoms with Gasteiger partial charge < -0.3 is 10.0 Å². The highest BCUT2D eigenvalue weighted by Gasteiger charge is 2.32. The van der Waals surface area contributed by atoms with Gasteiger partial charge in [0, 0.05) is 25.5 Å². The Morgan fingerprint density at radius 2 is 2.06 bits per heavy atom. The van der Waals surface area contributed by atoms with Crippen LogP contribution in [0.4, 0.5) is 5.95 Å². The van der Waals surface area contributed by atoms with Gasteiger partial charge in [-0.05, 0) is 30.7 Å². The number of rotatable bonds is 3. The lowest BCUT2D eigenvalue weighted by Crippen LogP contribution is -2.48. The van der Waals surface area contributed by atoms with Gasteiger partial charge in [0.15, 0.2) is 0 Å². The smallest absolute Gasteiger partial charge is 0.225 e. The summed E-state index contributed by atoms with van der Waals surface area (Å²) in [5.41, 5.74) is 0.583. The fourth-order valence-electron chi connectivity index (χ4n) is 2.36. The highest BCUT2D eigenvalue weighted by molar-refractivity contribution is 5.32. The first kappa shape index (κ1) is 13.3. The molecular weight excluding hydrogens is 226 g/mol. The zero-order valence-corrected chi connectivity index (χ0v) is 11.6. The zero-order chi connectivity index (χ0) is 13.2. The van der Waals surface area contributed by atoms with Crippen LogP contribution in [0.5, 0.6) is 0 Å². The van der Waals surface area contributed by atoms with Gasteiger partial charge in [-0.2, -0.15) is 0 Å². The van der Waals surface area contributed by atoms with E-state index in [0.29, 0.717) is 12.5 Å². The summed E-state index contributed by atoms with van der Waals surface area (Å²) < 4.78 is 0. The Morgan fingerprint density at radius 3 is 2.61 bits per heavy atom. The number of β-amino-alcohol motifs (C(OH)–C–C–N with tert-alkyl or cyclic N) is 1. The number of aromatic nitrogens is 2. The van der Waals surface area contributed by atoms with E-state index in [0.717, 1.165) is 37.3 Å². The third-order valence-corrected chi connectivity index (χ3v) is 3.82. The third-order valence-electron chi connectivity index (χ3n) is 3.82. The second-order valence-corrected chi connectivity index (χ2v) is 5.57. The Morgan fingerprint density at radius 1 is 1.39 bits per heavy atom. The molecule has 1 aromatic heterocycles.